The highest BCUT2D eigenvalue weighted by Gasteiger charge is 2.40. The predicted octanol–water partition coefficient (Wildman–Crippen LogP) is 4.88. The van der Waals surface area contributed by atoms with Gasteiger partial charge in [0.25, 0.3) is 0 Å². The monoisotopic (exact) mass is 204 g/mol. The minimum absolute atomic E-state index is 0.984. The fourth-order valence-electron chi connectivity index (χ4n) is 4.07. The van der Waals surface area contributed by atoms with E-state index in [1.807, 2.05) is 0 Å². The fourth-order valence-corrected chi connectivity index (χ4v) is 4.07. The molecule has 2 rings (SSSR count). The summed E-state index contributed by atoms with van der Waals surface area (Å²) >= 11 is 0. The number of allylic oxidation sites excluding steroid dienone is 2. The summed E-state index contributed by atoms with van der Waals surface area (Å²) in [5.74, 6) is 2.10. The van der Waals surface area contributed by atoms with Crippen LogP contribution in [0.5, 0.6) is 0 Å². The minimum Gasteiger partial charge on any atom is -0.105 e. The number of rotatable bonds is 3. The Morgan fingerprint density at radius 2 is 1.67 bits per heavy atom. The van der Waals surface area contributed by atoms with E-state index < -0.39 is 0 Å². The molecule has 0 saturated carbocycles. The highest BCUT2D eigenvalue weighted by atomic mass is 14.3. The van der Waals surface area contributed by atoms with E-state index in [0.717, 1.165) is 18.3 Å². The fraction of sp³-hybridized carbons (Fsp3) is 0.857. The van der Waals surface area contributed by atoms with Gasteiger partial charge in [0.15, 0.2) is 6.71 Å². The lowest BCUT2D eigenvalue weighted by Crippen LogP contribution is -2.36. The molecule has 0 aromatic rings. The molecule has 2 fully saturated rings. The van der Waals surface area contributed by atoms with Crippen molar-refractivity contribution in [3.8, 4) is 0 Å². The van der Waals surface area contributed by atoms with Gasteiger partial charge in [0.1, 0.15) is 0 Å². The topological polar surface area (TPSA) is 0 Å². The molecule has 0 spiro atoms. The second-order valence-electron chi connectivity index (χ2n) is 5.52. The zero-order valence-corrected chi connectivity index (χ0v) is 10.5. The smallest absolute Gasteiger partial charge is 0.105 e. The van der Waals surface area contributed by atoms with Gasteiger partial charge >= 0.3 is 0 Å². The van der Waals surface area contributed by atoms with Crippen molar-refractivity contribution in [1.29, 1.82) is 0 Å². The Bertz CT molecular complexity index is 209. The summed E-state index contributed by atoms with van der Waals surface area (Å²) in [7, 11) is 0. The normalized spacial score (nSPS) is 31.9. The van der Waals surface area contributed by atoms with Crippen LogP contribution in [-0.4, -0.2) is 6.71 Å². The second-order valence-corrected chi connectivity index (χ2v) is 5.52. The van der Waals surface area contributed by atoms with Crippen LogP contribution in [0.25, 0.3) is 0 Å². The molecule has 0 amide bonds. The van der Waals surface area contributed by atoms with Gasteiger partial charge in [-0.05, 0) is 13.3 Å². The first-order valence-electron chi connectivity index (χ1n) is 7.02. The van der Waals surface area contributed by atoms with Gasteiger partial charge < -0.3 is 0 Å². The summed E-state index contributed by atoms with van der Waals surface area (Å²) in [6.07, 6.45) is 14.2. The first-order chi connectivity index (χ1) is 7.36. The van der Waals surface area contributed by atoms with Gasteiger partial charge in [0.2, 0.25) is 0 Å². The van der Waals surface area contributed by atoms with E-state index in [0.29, 0.717) is 0 Å². The largest absolute Gasteiger partial charge is 0.176 e. The maximum absolute atomic E-state index is 2.44. The van der Waals surface area contributed by atoms with Gasteiger partial charge in [0, 0.05) is 0 Å². The van der Waals surface area contributed by atoms with Crippen LogP contribution < -0.4 is 0 Å². The zero-order chi connectivity index (χ0) is 10.7. The number of fused-ring (bicyclic) bond motifs is 2. The Balaban J connectivity index is 2.11. The summed E-state index contributed by atoms with van der Waals surface area (Å²) in [5, 5.41) is 0. The van der Waals surface area contributed by atoms with Gasteiger partial charge in [-0.25, -0.2) is 0 Å². The van der Waals surface area contributed by atoms with Gasteiger partial charge in [0.05, 0.1) is 0 Å². The molecule has 0 aromatic carbocycles. The molecule has 2 aliphatic rings. The van der Waals surface area contributed by atoms with Crippen molar-refractivity contribution >= 4 is 6.71 Å². The van der Waals surface area contributed by atoms with E-state index in [9.17, 15) is 0 Å². The molecular weight excluding hydrogens is 179 g/mol. The van der Waals surface area contributed by atoms with Crippen LogP contribution in [0.15, 0.2) is 11.5 Å². The molecular formula is C14H25B. The van der Waals surface area contributed by atoms with Gasteiger partial charge in [-0.15, -0.1) is 5.47 Å². The van der Waals surface area contributed by atoms with E-state index in [2.05, 4.69) is 19.9 Å². The third-order valence-electron chi connectivity index (χ3n) is 4.65. The average molecular weight is 204 g/mol. The van der Waals surface area contributed by atoms with E-state index in [4.69, 9.17) is 0 Å². The lowest BCUT2D eigenvalue weighted by atomic mass is 9.24. The molecule has 0 N–H and O–H groups in total. The third-order valence-corrected chi connectivity index (χ3v) is 4.65. The Kier molecular flexibility index (Phi) is 3.94. The standard InChI is InChI=1S/C14H25B/c1-3-7-12(4-2)15-13-8-5-9-14(15)11-6-10-13/h4,13-14H,3,5-11H2,1-2H3/b12-4+. The van der Waals surface area contributed by atoms with Crippen LogP contribution in [0, 0.1) is 0 Å². The predicted molar refractivity (Wildman–Crippen MR) is 69.6 cm³/mol. The Morgan fingerprint density at radius 3 is 2.07 bits per heavy atom. The molecule has 2 aliphatic heterocycles. The maximum atomic E-state index is 2.44. The highest BCUT2D eigenvalue weighted by Crippen LogP contribution is 2.49. The van der Waals surface area contributed by atoms with Crippen LogP contribution >= 0.6 is 0 Å². The number of hydrogen-bond donors (Lipinski definition) is 0. The molecule has 84 valence electrons. The van der Waals surface area contributed by atoms with Crippen molar-refractivity contribution in [1.82, 2.24) is 0 Å². The molecule has 0 atom stereocenters. The number of hydrogen-bond acceptors (Lipinski definition) is 0. The molecule has 0 nitrogen and oxygen atoms in total. The van der Waals surface area contributed by atoms with Gasteiger partial charge in [-0.3, -0.25) is 0 Å². The third kappa shape index (κ3) is 2.32. The van der Waals surface area contributed by atoms with Gasteiger partial charge in [-0.2, -0.15) is 0 Å². The Labute approximate surface area is 95.6 Å². The molecule has 2 saturated heterocycles. The molecule has 15 heavy (non-hydrogen) atoms. The first-order valence-corrected chi connectivity index (χ1v) is 7.02. The van der Waals surface area contributed by atoms with Crippen molar-refractivity contribution in [3.63, 3.8) is 0 Å². The van der Waals surface area contributed by atoms with Gasteiger partial charge in [-0.1, -0.05) is 69.6 Å². The summed E-state index contributed by atoms with van der Waals surface area (Å²) in [5.41, 5.74) is 1.80. The molecule has 0 aliphatic carbocycles. The summed E-state index contributed by atoms with van der Waals surface area (Å²) in [6, 6.07) is 0. The molecule has 0 unspecified atom stereocenters. The average Bonchev–Trinajstić information content (AvgIpc) is 2.25. The van der Waals surface area contributed by atoms with Crippen molar-refractivity contribution in [2.24, 2.45) is 0 Å². The second kappa shape index (κ2) is 5.23. The SMILES string of the molecule is C/C=C(\CCC)B1C2CCCC1CCC2. The van der Waals surface area contributed by atoms with Crippen LogP contribution in [0.3, 0.4) is 0 Å². The maximum Gasteiger partial charge on any atom is 0.176 e. The van der Waals surface area contributed by atoms with Crippen molar-refractivity contribution in [2.45, 2.75) is 76.8 Å². The lowest BCUT2D eigenvalue weighted by molar-refractivity contribution is 0.445. The summed E-state index contributed by atoms with van der Waals surface area (Å²) in [6.45, 7) is 5.56. The van der Waals surface area contributed by atoms with Crippen LogP contribution in [0.1, 0.15) is 65.2 Å². The summed E-state index contributed by atoms with van der Waals surface area (Å²) in [4.78, 5) is 0. The van der Waals surface area contributed by atoms with E-state index in [1.165, 1.54) is 51.4 Å². The molecule has 2 heterocycles. The van der Waals surface area contributed by atoms with E-state index in [-0.39, 0.29) is 0 Å². The summed E-state index contributed by atoms with van der Waals surface area (Å²) < 4.78 is 0. The van der Waals surface area contributed by atoms with Crippen molar-refractivity contribution < 1.29 is 0 Å². The minimum atomic E-state index is 0.984. The van der Waals surface area contributed by atoms with E-state index >= 15 is 0 Å². The molecule has 1 heteroatoms. The molecule has 0 radical (unpaired) electrons. The Morgan fingerprint density at radius 1 is 1.13 bits per heavy atom. The van der Waals surface area contributed by atoms with Crippen LogP contribution in [-0.2, 0) is 0 Å². The highest BCUT2D eigenvalue weighted by molar-refractivity contribution is 6.70. The van der Waals surface area contributed by atoms with E-state index in [1.54, 1.807) is 5.47 Å². The van der Waals surface area contributed by atoms with Crippen LogP contribution in [0.4, 0.5) is 0 Å². The quantitative estimate of drug-likeness (QED) is 0.575. The first kappa shape index (κ1) is 11.3. The lowest BCUT2D eigenvalue weighted by Gasteiger charge is -2.41. The van der Waals surface area contributed by atoms with Crippen molar-refractivity contribution in [2.75, 3.05) is 0 Å². The molecule has 2 bridgehead atoms. The van der Waals surface area contributed by atoms with Crippen molar-refractivity contribution in [3.05, 3.63) is 11.5 Å². The Hall–Kier alpha value is -0.195. The zero-order valence-electron chi connectivity index (χ0n) is 10.5. The van der Waals surface area contributed by atoms with Crippen LogP contribution in [0.2, 0.25) is 11.6 Å². The molecule has 0 aromatic heterocycles.